The van der Waals surface area contributed by atoms with Crippen LogP contribution in [0, 0.1) is 10.1 Å². The van der Waals surface area contributed by atoms with Gasteiger partial charge in [-0.05, 0) is 24.3 Å². The van der Waals surface area contributed by atoms with Gasteiger partial charge in [-0.15, -0.1) is 0 Å². The van der Waals surface area contributed by atoms with Gasteiger partial charge >= 0.3 is 12.2 Å². The van der Waals surface area contributed by atoms with Crippen molar-refractivity contribution in [3.8, 4) is 0 Å². The summed E-state index contributed by atoms with van der Waals surface area (Å²) in [7, 11) is 0. The number of carbonyl (C=O) groups is 1. The lowest BCUT2D eigenvalue weighted by Gasteiger charge is -2.11. The molecular formula is C14H9ClF3N3O3. The number of carbonyl (C=O) groups excluding carboxylic acids is 1. The third-order valence-electron chi connectivity index (χ3n) is 2.86. The minimum Gasteiger partial charge on any atom is -0.308 e. The van der Waals surface area contributed by atoms with E-state index in [9.17, 15) is 28.1 Å². The summed E-state index contributed by atoms with van der Waals surface area (Å²) in [5.41, 5.74) is -1.36. The molecule has 2 N–H and O–H groups in total. The highest BCUT2D eigenvalue weighted by Crippen LogP contribution is 2.31. The van der Waals surface area contributed by atoms with Gasteiger partial charge in [0.25, 0.3) is 5.69 Å². The van der Waals surface area contributed by atoms with Crippen LogP contribution in [0.1, 0.15) is 5.56 Å². The predicted molar refractivity (Wildman–Crippen MR) is 82.2 cm³/mol. The number of urea groups is 1. The van der Waals surface area contributed by atoms with Crippen molar-refractivity contribution in [2.45, 2.75) is 6.18 Å². The van der Waals surface area contributed by atoms with Crippen molar-refractivity contribution < 1.29 is 22.9 Å². The van der Waals surface area contributed by atoms with E-state index in [1.165, 1.54) is 12.1 Å². The van der Waals surface area contributed by atoms with Crippen molar-refractivity contribution in [1.82, 2.24) is 0 Å². The molecule has 126 valence electrons. The van der Waals surface area contributed by atoms with Crippen molar-refractivity contribution in [2.75, 3.05) is 10.6 Å². The number of anilines is 2. The summed E-state index contributed by atoms with van der Waals surface area (Å²) < 4.78 is 37.8. The Kier molecular flexibility index (Phi) is 4.93. The summed E-state index contributed by atoms with van der Waals surface area (Å²) in [5, 5.41) is 15.2. The van der Waals surface area contributed by atoms with Crippen LogP contribution in [0.5, 0.6) is 0 Å². The lowest BCUT2D eigenvalue weighted by molar-refractivity contribution is -0.384. The average Bonchev–Trinajstić information content (AvgIpc) is 2.48. The fourth-order valence-corrected chi connectivity index (χ4v) is 1.95. The van der Waals surface area contributed by atoms with Crippen LogP contribution in [0.25, 0.3) is 0 Å². The highest BCUT2D eigenvalue weighted by atomic mass is 35.5. The molecule has 0 saturated carbocycles. The number of non-ortho nitro benzene ring substituents is 1. The van der Waals surface area contributed by atoms with Crippen molar-refractivity contribution in [3.05, 3.63) is 63.2 Å². The third kappa shape index (κ3) is 4.35. The van der Waals surface area contributed by atoms with E-state index in [4.69, 9.17) is 11.6 Å². The minimum atomic E-state index is -4.54. The summed E-state index contributed by atoms with van der Waals surface area (Å²) in [6.45, 7) is 0. The first kappa shape index (κ1) is 17.5. The number of nitrogens with zero attached hydrogens (tertiary/aromatic N) is 1. The van der Waals surface area contributed by atoms with E-state index in [0.717, 1.165) is 30.3 Å². The number of alkyl halides is 3. The zero-order valence-corrected chi connectivity index (χ0v) is 12.5. The number of nitro benzene ring substituents is 1. The van der Waals surface area contributed by atoms with Gasteiger partial charge in [0.05, 0.1) is 21.2 Å². The number of halogens is 4. The van der Waals surface area contributed by atoms with Gasteiger partial charge in [-0.1, -0.05) is 17.7 Å². The summed E-state index contributed by atoms with van der Waals surface area (Å²) in [6, 6.07) is 6.54. The first-order valence-electron chi connectivity index (χ1n) is 6.36. The molecule has 0 radical (unpaired) electrons. The topological polar surface area (TPSA) is 84.3 Å². The quantitative estimate of drug-likeness (QED) is 0.603. The van der Waals surface area contributed by atoms with E-state index in [2.05, 4.69) is 10.6 Å². The Bertz CT molecular complexity index is 796. The maximum absolute atomic E-state index is 12.6. The first-order chi connectivity index (χ1) is 11.2. The fraction of sp³-hybridized carbons (Fsp3) is 0.0714. The molecule has 0 unspecified atom stereocenters. The summed E-state index contributed by atoms with van der Waals surface area (Å²) >= 11 is 5.82. The second-order valence-electron chi connectivity index (χ2n) is 4.58. The Labute approximate surface area is 138 Å². The van der Waals surface area contributed by atoms with E-state index in [1.807, 2.05) is 0 Å². The van der Waals surface area contributed by atoms with Crippen molar-refractivity contribution in [2.24, 2.45) is 0 Å². The van der Waals surface area contributed by atoms with E-state index in [-0.39, 0.29) is 22.1 Å². The van der Waals surface area contributed by atoms with E-state index >= 15 is 0 Å². The SMILES string of the molecule is O=C(Nc1cccc(C(F)(F)F)c1)Nc1cc([N+](=O)[O-])ccc1Cl. The molecule has 2 rings (SSSR count). The number of nitrogens with one attached hydrogen (secondary N) is 2. The van der Waals surface area contributed by atoms with Gasteiger partial charge in [0.15, 0.2) is 0 Å². The molecule has 2 aromatic carbocycles. The second kappa shape index (κ2) is 6.75. The molecule has 0 heterocycles. The molecule has 0 spiro atoms. The molecule has 10 heteroatoms. The Balaban J connectivity index is 2.14. The molecule has 0 aliphatic rings. The number of rotatable bonds is 3. The minimum absolute atomic E-state index is 0.0415. The van der Waals surface area contributed by atoms with Crippen LogP contribution in [0.3, 0.4) is 0 Å². The monoisotopic (exact) mass is 359 g/mol. The van der Waals surface area contributed by atoms with E-state index in [1.54, 1.807) is 0 Å². The molecule has 0 saturated heterocycles. The molecular weight excluding hydrogens is 351 g/mol. The van der Waals surface area contributed by atoms with Gasteiger partial charge in [-0.3, -0.25) is 10.1 Å². The molecule has 0 atom stereocenters. The number of amides is 2. The standard InChI is InChI=1S/C14H9ClF3N3O3/c15-11-5-4-10(21(23)24)7-12(11)20-13(22)19-9-3-1-2-8(6-9)14(16,17)18/h1-7H,(H2,19,20,22). The van der Waals surface area contributed by atoms with Gasteiger partial charge in [-0.25, -0.2) is 4.79 Å². The Morgan fingerprint density at radius 2 is 1.83 bits per heavy atom. The van der Waals surface area contributed by atoms with Crippen LogP contribution in [0.2, 0.25) is 5.02 Å². The van der Waals surface area contributed by atoms with Crippen molar-refractivity contribution in [1.29, 1.82) is 0 Å². The Morgan fingerprint density at radius 3 is 2.46 bits per heavy atom. The molecule has 24 heavy (non-hydrogen) atoms. The molecule has 6 nitrogen and oxygen atoms in total. The van der Waals surface area contributed by atoms with Crippen LogP contribution < -0.4 is 10.6 Å². The normalized spacial score (nSPS) is 11.0. The van der Waals surface area contributed by atoms with Gasteiger partial charge in [0, 0.05) is 17.8 Å². The third-order valence-corrected chi connectivity index (χ3v) is 3.19. The lowest BCUT2D eigenvalue weighted by atomic mass is 10.2. The van der Waals surface area contributed by atoms with Crippen LogP contribution >= 0.6 is 11.6 Å². The first-order valence-corrected chi connectivity index (χ1v) is 6.74. The fourth-order valence-electron chi connectivity index (χ4n) is 1.78. The summed E-state index contributed by atoms with van der Waals surface area (Å²) in [4.78, 5) is 21.9. The van der Waals surface area contributed by atoms with Crippen LogP contribution in [0.15, 0.2) is 42.5 Å². The zero-order valence-electron chi connectivity index (χ0n) is 11.7. The molecule has 2 amide bonds. The maximum atomic E-state index is 12.6. The summed E-state index contributed by atoms with van der Waals surface area (Å²) in [5.74, 6) is 0. The maximum Gasteiger partial charge on any atom is 0.416 e. The molecule has 0 aliphatic carbocycles. The van der Waals surface area contributed by atoms with Gasteiger partial charge < -0.3 is 10.6 Å². The largest absolute Gasteiger partial charge is 0.416 e. The van der Waals surface area contributed by atoms with Gasteiger partial charge in [0.2, 0.25) is 0 Å². The molecule has 0 bridgehead atoms. The Hall–Kier alpha value is -2.81. The number of nitro groups is 1. The lowest BCUT2D eigenvalue weighted by Crippen LogP contribution is -2.20. The molecule has 0 aliphatic heterocycles. The van der Waals surface area contributed by atoms with Crippen LogP contribution in [-0.4, -0.2) is 11.0 Å². The molecule has 2 aromatic rings. The highest BCUT2D eigenvalue weighted by molar-refractivity contribution is 6.33. The smallest absolute Gasteiger partial charge is 0.308 e. The zero-order chi connectivity index (χ0) is 17.9. The second-order valence-corrected chi connectivity index (χ2v) is 4.99. The number of benzene rings is 2. The van der Waals surface area contributed by atoms with Gasteiger partial charge in [0.1, 0.15) is 0 Å². The van der Waals surface area contributed by atoms with Crippen molar-refractivity contribution in [3.63, 3.8) is 0 Å². The number of hydrogen-bond acceptors (Lipinski definition) is 3. The average molecular weight is 360 g/mol. The summed E-state index contributed by atoms with van der Waals surface area (Å²) in [6.07, 6.45) is -4.54. The van der Waals surface area contributed by atoms with Gasteiger partial charge in [-0.2, -0.15) is 13.2 Å². The van der Waals surface area contributed by atoms with E-state index in [0.29, 0.717) is 0 Å². The van der Waals surface area contributed by atoms with Crippen molar-refractivity contribution >= 4 is 34.7 Å². The Morgan fingerprint density at radius 1 is 1.12 bits per heavy atom. The highest BCUT2D eigenvalue weighted by Gasteiger charge is 2.30. The predicted octanol–water partition coefficient (Wildman–Crippen LogP) is 4.91. The molecule has 0 aromatic heterocycles. The molecule has 0 fully saturated rings. The number of hydrogen-bond donors (Lipinski definition) is 2. The van der Waals surface area contributed by atoms with E-state index < -0.39 is 22.7 Å². The van der Waals surface area contributed by atoms with Crippen LogP contribution in [0.4, 0.5) is 35.0 Å². The van der Waals surface area contributed by atoms with Crippen LogP contribution in [-0.2, 0) is 6.18 Å².